The van der Waals surface area contributed by atoms with Gasteiger partial charge in [0.1, 0.15) is 11.6 Å². The van der Waals surface area contributed by atoms with Crippen LogP contribution in [0.2, 0.25) is 0 Å². The number of carbonyl (C=O) groups is 2. The molecule has 0 aliphatic rings. The fourth-order valence-corrected chi connectivity index (χ4v) is 1.39. The predicted octanol–water partition coefficient (Wildman–Crippen LogP) is 2.10. The molecule has 1 atom stereocenters. The quantitative estimate of drug-likeness (QED) is 0.589. The summed E-state index contributed by atoms with van der Waals surface area (Å²) in [5, 5.41) is 2.31. The second-order valence-corrected chi connectivity index (χ2v) is 5.87. The van der Waals surface area contributed by atoms with Crippen LogP contribution in [0.1, 0.15) is 41.0 Å². The average molecular weight is 264 g/mol. The molecule has 4 nitrogen and oxygen atoms in total. The number of ether oxygens (including phenoxy) is 1. The summed E-state index contributed by atoms with van der Waals surface area (Å²) in [6.07, 6.45) is 0.610. The Morgan fingerprint density at radius 3 is 2.18 bits per heavy atom. The van der Waals surface area contributed by atoms with Gasteiger partial charge in [-0.2, -0.15) is 0 Å². The molecule has 17 heavy (non-hydrogen) atoms. The van der Waals surface area contributed by atoms with Gasteiger partial charge in [0.25, 0.3) is 0 Å². The molecule has 0 aliphatic carbocycles. The Balaban J connectivity index is 4.45. The summed E-state index contributed by atoms with van der Waals surface area (Å²) in [5.74, 6) is -0.0189. The van der Waals surface area contributed by atoms with E-state index < -0.39 is 16.9 Å². The van der Waals surface area contributed by atoms with E-state index in [1.807, 2.05) is 34.6 Å². The van der Waals surface area contributed by atoms with Crippen molar-refractivity contribution in [3.05, 3.63) is 0 Å². The first-order chi connectivity index (χ1) is 7.61. The van der Waals surface area contributed by atoms with Crippen LogP contribution in [0.15, 0.2) is 0 Å². The lowest BCUT2D eigenvalue weighted by Crippen LogP contribution is -2.43. The Bertz CT molecular complexity index is 271. The van der Waals surface area contributed by atoms with Gasteiger partial charge < -0.3 is 4.74 Å². The van der Waals surface area contributed by atoms with Crippen LogP contribution in [0.3, 0.4) is 0 Å². The van der Waals surface area contributed by atoms with Crippen LogP contribution < -0.4 is 5.32 Å². The van der Waals surface area contributed by atoms with E-state index in [0.29, 0.717) is 12.3 Å². The first-order valence-electron chi connectivity index (χ1n) is 5.76. The first kappa shape index (κ1) is 16.4. The van der Waals surface area contributed by atoms with E-state index in [9.17, 15) is 9.59 Å². The molecule has 1 unspecified atom stereocenters. The lowest BCUT2D eigenvalue weighted by Gasteiger charge is -2.25. The second-order valence-electron chi connectivity index (χ2n) is 5.45. The fourth-order valence-electron chi connectivity index (χ4n) is 1.31. The maximum atomic E-state index is 11.9. The van der Waals surface area contributed by atoms with Crippen LogP contribution >= 0.6 is 11.6 Å². The lowest BCUT2D eigenvalue weighted by atomic mass is 10.0. The van der Waals surface area contributed by atoms with Crippen molar-refractivity contribution in [2.45, 2.75) is 52.7 Å². The monoisotopic (exact) mass is 263 g/mol. The zero-order valence-corrected chi connectivity index (χ0v) is 11.9. The summed E-state index contributed by atoms with van der Waals surface area (Å²) in [6, 6.07) is -0.489. The minimum atomic E-state index is -0.529. The first-order valence-corrected chi connectivity index (χ1v) is 6.14. The minimum Gasteiger partial charge on any atom is -0.459 e. The number of hydrogen-bond donors (Lipinski definition) is 1. The Kier molecular flexibility index (Phi) is 6.72. The van der Waals surface area contributed by atoms with Gasteiger partial charge in [-0.1, -0.05) is 13.8 Å². The van der Waals surface area contributed by atoms with Crippen molar-refractivity contribution < 1.29 is 14.3 Å². The molecule has 0 radical (unpaired) electrons. The average Bonchev–Trinajstić information content (AvgIpc) is 2.08. The molecule has 0 amide bonds. The Labute approximate surface area is 108 Å². The van der Waals surface area contributed by atoms with E-state index >= 15 is 0 Å². The molecule has 0 fully saturated rings. The molecule has 0 aromatic heterocycles. The van der Waals surface area contributed by atoms with E-state index in [2.05, 4.69) is 5.32 Å². The summed E-state index contributed by atoms with van der Waals surface area (Å²) in [7, 11) is 0. The van der Waals surface area contributed by atoms with Gasteiger partial charge in [0.2, 0.25) is 5.24 Å². The molecule has 0 bridgehead atoms. The third-order valence-electron chi connectivity index (χ3n) is 1.89. The highest BCUT2D eigenvalue weighted by atomic mass is 35.5. The normalized spacial score (nSPS) is 13.6. The summed E-state index contributed by atoms with van der Waals surface area (Å²) in [6.45, 7) is 9.40. The van der Waals surface area contributed by atoms with Crippen LogP contribution in [-0.4, -0.2) is 29.4 Å². The van der Waals surface area contributed by atoms with Crippen LogP contribution in [-0.2, 0) is 14.3 Å². The summed E-state index contributed by atoms with van der Waals surface area (Å²) >= 11 is 5.24. The van der Waals surface area contributed by atoms with Crippen molar-refractivity contribution in [3.8, 4) is 0 Å². The molecular weight excluding hydrogens is 242 g/mol. The van der Waals surface area contributed by atoms with Crippen LogP contribution in [0.5, 0.6) is 0 Å². The number of rotatable bonds is 6. The molecule has 0 saturated heterocycles. The molecule has 0 spiro atoms. The van der Waals surface area contributed by atoms with Crippen molar-refractivity contribution in [1.82, 2.24) is 5.32 Å². The number of hydrogen-bond acceptors (Lipinski definition) is 4. The molecule has 100 valence electrons. The molecule has 0 saturated carbocycles. The zero-order chi connectivity index (χ0) is 13.6. The Morgan fingerprint density at radius 1 is 1.29 bits per heavy atom. The van der Waals surface area contributed by atoms with Crippen LogP contribution in [0.4, 0.5) is 0 Å². The van der Waals surface area contributed by atoms with Gasteiger partial charge in [0.05, 0.1) is 6.54 Å². The fraction of sp³-hybridized carbons (Fsp3) is 0.833. The standard InChI is InChI=1S/C12H22ClNO3/c1-8(2)6-9(14-7-10(13)15)11(16)17-12(3,4)5/h8-9,14H,6-7H2,1-5H3. The molecule has 5 heteroatoms. The van der Waals surface area contributed by atoms with E-state index in [0.717, 1.165) is 0 Å². The van der Waals surface area contributed by atoms with Gasteiger partial charge in [-0.3, -0.25) is 14.9 Å². The van der Waals surface area contributed by atoms with Gasteiger partial charge in [-0.25, -0.2) is 0 Å². The van der Waals surface area contributed by atoms with Crippen molar-refractivity contribution in [2.24, 2.45) is 5.92 Å². The van der Waals surface area contributed by atoms with Gasteiger partial charge in [0, 0.05) is 0 Å². The highest BCUT2D eigenvalue weighted by Gasteiger charge is 2.25. The SMILES string of the molecule is CC(C)CC(NCC(=O)Cl)C(=O)OC(C)(C)C. The summed E-state index contributed by atoms with van der Waals surface area (Å²) in [5.41, 5.74) is -0.529. The highest BCUT2D eigenvalue weighted by molar-refractivity contribution is 6.64. The molecular formula is C12H22ClNO3. The molecule has 0 heterocycles. The Morgan fingerprint density at radius 2 is 1.82 bits per heavy atom. The van der Waals surface area contributed by atoms with Crippen molar-refractivity contribution in [2.75, 3.05) is 6.54 Å². The molecule has 1 N–H and O–H groups in total. The van der Waals surface area contributed by atoms with Gasteiger partial charge in [0.15, 0.2) is 0 Å². The van der Waals surface area contributed by atoms with Gasteiger partial charge in [-0.15, -0.1) is 0 Å². The van der Waals surface area contributed by atoms with Crippen LogP contribution in [0.25, 0.3) is 0 Å². The van der Waals surface area contributed by atoms with Gasteiger partial charge >= 0.3 is 5.97 Å². The lowest BCUT2D eigenvalue weighted by molar-refractivity contribution is -0.157. The molecule has 0 rings (SSSR count). The number of nitrogens with one attached hydrogen (secondary N) is 1. The number of carbonyl (C=O) groups excluding carboxylic acids is 2. The topological polar surface area (TPSA) is 55.4 Å². The van der Waals surface area contributed by atoms with Crippen molar-refractivity contribution in [3.63, 3.8) is 0 Å². The summed E-state index contributed by atoms with van der Waals surface area (Å²) < 4.78 is 5.28. The largest absolute Gasteiger partial charge is 0.459 e. The minimum absolute atomic E-state index is 0.0296. The van der Waals surface area contributed by atoms with Crippen molar-refractivity contribution >= 4 is 22.8 Å². The van der Waals surface area contributed by atoms with E-state index in [1.54, 1.807) is 0 Å². The van der Waals surface area contributed by atoms with Crippen molar-refractivity contribution in [1.29, 1.82) is 0 Å². The Hall–Kier alpha value is -0.610. The second kappa shape index (κ2) is 6.97. The molecule has 0 aromatic carbocycles. The zero-order valence-electron chi connectivity index (χ0n) is 11.2. The third kappa shape index (κ3) is 9.12. The van der Waals surface area contributed by atoms with E-state index in [1.165, 1.54) is 0 Å². The predicted molar refractivity (Wildman–Crippen MR) is 68.0 cm³/mol. The number of halogens is 1. The third-order valence-corrected chi connectivity index (χ3v) is 2.02. The number of esters is 1. The van der Waals surface area contributed by atoms with E-state index in [4.69, 9.17) is 16.3 Å². The van der Waals surface area contributed by atoms with E-state index in [-0.39, 0.29) is 12.5 Å². The molecule has 0 aromatic rings. The maximum Gasteiger partial charge on any atom is 0.323 e. The smallest absolute Gasteiger partial charge is 0.323 e. The van der Waals surface area contributed by atoms with Gasteiger partial charge in [-0.05, 0) is 44.7 Å². The summed E-state index contributed by atoms with van der Waals surface area (Å²) in [4.78, 5) is 22.6. The van der Waals surface area contributed by atoms with Crippen LogP contribution in [0, 0.1) is 5.92 Å². The maximum absolute atomic E-state index is 11.9. The highest BCUT2D eigenvalue weighted by Crippen LogP contribution is 2.12. The molecule has 0 aliphatic heterocycles.